The van der Waals surface area contributed by atoms with Crippen LogP contribution in [0.4, 0.5) is 0 Å². The first kappa shape index (κ1) is 9.77. The van der Waals surface area contributed by atoms with Gasteiger partial charge in [0.05, 0.1) is 5.41 Å². The van der Waals surface area contributed by atoms with Crippen molar-refractivity contribution in [3.63, 3.8) is 0 Å². The summed E-state index contributed by atoms with van der Waals surface area (Å²) in [6.07, 6.45) is 9.04. The summed E-state index contributed by atoms with van der Waals surface area (Å²) in [5.41, 5.74) is 0. The van der Waals surface area contributed by atoms with Gasteiger partial charge in [-0.15, -0.1) is 0 Å². The Hall–Kier alpha value is -0.770. The highest BCUT2D eigenvalue weighted by molar-refractivity contribution is 7.89. The van der Waals surface area contributed by atoms with Gasteiger partial charge >= 0.3 is 10.1 Å². The van der Waals surface area contributed by atoms with Gasteiger partial charge in [-0.3, -0.25) is 0 Å². The number of allylic oxidation sites excluding steroid dienone is 3. The van der Waals surface area contributed by atoms with Gasteiger partial charge in [0.1, 0.15) is 5.76 Å². The van der Waals surface area contributed by atoms with Crippen molar-refractivity contribution in [3.05, 3.63) is 23.3 Å². The molecule has 0 bridgehead atoms. The van der Waals surface area contributed by atoms with E-state index in [-0.39, 0.29) is 0 Å². The van der Waals surface area contributed by atoms with Gasteiger partial charge in [0.15, 0.2) is 0 Å². The summed E-state index contributed by atoms with van der Waals surface area (Å²) in [4.78, 5) is 0. The van der Waals surface area contributed by atoms with Crippen LogP contribution < -0.4 is 0 Å². The molecule has 1 saturated carbocycles. The smallest absolute Gasteiger partial charge is 0.331 e. The van der Waals surface area contributed by atoms with E-state index in [1.54, 1.807) is 12.2 Å². The molecule has 0 aromatic rings. The first-order chi connectivity index (χ1) is 6.67. The molecule has 0 unspecified atom stereocenters. The molecule has 0 radical (unpaired) electrons. The maximum atomic E-state index is 11.2. The third-order valence-corrected chi connectivity index (χ3v) is 3.64. The molecule has 14 heavy (non-hydrogen) atoms. The van der Waals surface area contributed by atoms with Gasteiger partial charge in [-0.2, -0.15) is 8.42 Å². The molecule has 0 aromatic carbocycles. The molecule has 2 aliphatic rings. The molecule has 2 rings (SSSR count). The highest BCUT2D eigenvalue weighted by Gasteiger charge is 2.24. The second-order valence-corrected chi connectivity index (χ2v) is 5.23. The van der Waals surface area contributed by atoms with Gasteiger partial charge in [-0.05, 0) is 25.0 Å². The van der Waals surface area contributed by atoms with Crippen LogP contribution in [0.2, 0.25) is 0 Å². The molecule has 78 valence electrons. The average molecular weight is 214 g/mol. The highest BCUT2D eigenvalue weighted by atomic mass is 32.2. The van der Waals surface area contributed by atoms with Gasteiger partial charge < -0.3 is 4.18 Å². The molecule has 0 spiro atoms. The van der Waals surface area contributed by atoms with Crippen LogP contribution in [0, 0.1) is 5.92 Å². The lowest BCUT2D eigenvalue weighted by Gasteiger charge is -2.24. The topological polar surface area (TPSA) is 43.4 Å². The largest absolute Gasteiger partial charge is 0.384 e. The summed E-state index contributed by atoms with van der Waals surface area (Å²) in [6.45, 7) is 0. The summed E-state index contributed by atoms with van der Waals surface area (Å²) >= 11 is 0. The van der Waals surface area contributed by atoms with Crippen molar-refractivity contribution in [2.75, 3.05) is 0 Å². The Kier molecular flexibility index (Phi) is 2.63. The van der Waals surface area contributed by atoms with Crippen molar-refractivity contribution >= 4 is 10.1 Å². The molecule has 4 heteroatoms. The maximum absolute atomic E-state index is 11.2. The van der Waals surface area contributed by atoms with Crippen LogP contribution in [0.3, 0.4) is 0 Å². The summed E-state index contributed by atoms with van der Waals surface area (Å²) in [6, 6.07) is 0. The van der Waals surface area contributed by atoms with Crippen LogP contribution >= 0.6 is 0 Å². The van der Waals surface area contributed by atoms with E-state index in [0.717, 1.165) is 18.2 Å². The minimum Gasteiger partial charge on any atom is -0.384 e. The predicted molar refractivity (Wildman–Crippen MR) is 53.8 cm³/mol. The fourth-order valence-electron chi connectivity index (χ4n) is 2.01. The van der Waals surface area contributed by atoms with E-state index in [1.165, 1.54) is 19.3 Å². The van der Waals surface area contributed by atoms with Gasteiger partial charge in [0.2, 0.25) is 0 Å². The Balaban J connectivity index is 2.11. The molecule has 0 saturated heterocycles. The predicted octanol–water partition coefficient (Wildman–Crippen LogP) is 2.32. The summed E-state index contributed by atoms with van der Waals surface area (Å²) in [5, 5.41) is 1.10. The summed E-state index contributed by atoms with van der Waals surface area (Å²) in [5.74, 6) is 0.940. The molecular weight excluding hydrogens is 200 g/mol. The van der Waals surface area contributed by atoms with Crippen LogP contribution in [0.25, 0.3) is 0 Å². The molecule has 3 nitrogen and oxygen atoms in total. The lowest BCUT2D eigenvalue weighted by Crippen LogP contribution is -2.15. The molecule has 1 aliphatic carbocycles. The van der Waals surface area contributed by atoms with Crippen LogP contribution in [0.5, 0.6) is 0 Å². The summed E-state index contributed by atoms with van der Waals surface area (Å²) in [7, 11) is -3.43. The SMILES string of the molecule is O=S1(=O)C=CC=C(C2CCCCC2)O1. The van der Waals surface area contributed by atoms with Crippen LogP contribution in [-0.4, -0.2) is 8.42 Å². The van der Waals surface area contributed by atoms with Gasteiger partial charge in [-0.25, -0.2) is 0 Å². The zero-order valence-corrected chi connectivity index (χ0v) is 8.79. The Morgan fingerprint density at radius 3 is 2.57 bits per heavy atom. The van der Waals surface area contributed by atoms with Crippen LogP contribution in [-0.2, 0) is 14.3 Å². The third kappa shape index (κ3) is 2.18. The second-order valence-electron chi connectivity index (χ2n) is 3.81. The monoisotopic (exact) mass is 214 g/mol. The fraction of sp³-hybridized carbons (Fsp3) is 0.600. The quantitative estimate of drug-likeness (QED) is 0.629. The molecule has 0 aromatic heterocycles. The second kappa shape index (κ2) is 3.77. The number of hydrogen-bond donors (Lipinski definition) is 0. The van der Waals surface area contributed by atoms with Crippen LogP contribution in [0.1, 0.15) is 32.1 Å². The standard InChI is InChI=1S/C10H14O3S/c11-14(12)8-4-7-10(13-14)9-5-2-1-3-6-9/h4,7-9H,1-3,5-6H2. The van der Waals surface area contributed by atoms with E-state index in [0.29, 0.717) is 11.7 Å². The third-order valence-electron chi connectivity index (χ3n) is 2.73. The minimum atomic E-state index is -3.43. The minimum absolute atomic E-state index is 0.309. The highest BCUT2D eigenvalue weighted by Crippen LogP contribution is 2.32. The van der Waals surface area contributed by atoms with Crippen molar-refractivity contribution < 1.29 is 12.6 Å². The van der Waals surface area contributed by atoms with Crippen LogP contribution in [0.15, 0.2) is 23.3 Å². The average Bonchev–Trinajstić information content (AvgIpc) is 2.18. The zero-order chi connectivity index (χ0) is 10.0. The van der Waals surface area contributed by atoms with E-state index in [4.69, 9.17) is 4.18 Å². The zero-order valence-electron chi connectivity index (χ0n) is 7.98. The molecule has 0 amide bonds. The van der Waals surface area contributed by atoms with E-state index < -0.39 is 10.1 Å². The fourth-order valence-corrected chi connectivity index (χ4v) is 2.80. The first-order valence-electron chi connectivity index (χ1n) is 5.00. The molecule has 1 fully saturated rings. The van der Waals surface area contributed by atoms with E-state index in [1.807, 2.05) is 0 Å². The van der Waals surface area contributed by atoms with Crippen molar-refractivity contribution in [1.29, 1.82) is 0 Å². The van der Waals surface area contributed by atoms with Crippen molar-refractivity contribution in [3.8, 4) is 0 Å². The Bertz CT molecular complexity index is 359. The lowest BCUT2D eigenvalue weighted by molar-refractivity contribution is 0.292. The van der Waals surface area contributed by atoms with E-state index in [9.17, 15) is 8.42 Å². The number of hydrogen-bond acceptors (Lipinski definition) is 3. The van der Waals surface area contributed by atoms with E-state index >= 15 is 0 Å². The molecule has 0 N–H and O–H groups in total. The van der Waals surface area contributed by atoms with Gasteiger partial charge in [0.25, 0.3) is 0 Å². The van der Waals surface area contributed by atoms with Gasteiger partial charge in [0, 0.05) is 5.92 Å². The van der Waals surface area contributed by atoms with Crippen molar-refractivity contribution in [2.24, 2.45) is 5.92 Å². The molecule has 1 aliphatic heterocycles. The molecular formula is C10H14O3S. The number of rotatable bonds is 1. The molecule has 0 atom stereocenters. The van der Waals surface area contributed by atoms with Gasteiger partial charge in [-0.1, -0.05) is 19.3 Å². The Morgan fingerprint density at radius 1 is 1.21 bits per heavy atom. The lowest BCUT2D eigenvalue weighted by atomic mass is 9.88. The molecule has 1 heterocycles. The summed E-state index contributed by atoms with van der Waals surface area (Å²) < 4.78 is 27.3. The van der Waals surface area contributed by atoms with E-state index in [2.05, 4.69) is 0 Å². The maximum Gasteiger partial charge on any atom is 0.331 e. The normalized spacial score (nSPS) is 26.7. The first-order valence-corrected chi connectivity index (χ1v) is 6.47. The Morgan fingerprint density at radius 2 is 1.93 bits per heavy atom. The van der Waals surface area contributed by atoms with Crippen molar-refractivity contribution in [2.45, 2.75) is 32.1 Å². The Labute approximate surface area is 84.6 Å². The van der Waals surface area contributed by atoms with Crippen molar-refractivity contribution in [1.82, 2.24) is 0 Å².